The highest BCUT2D eigenvalue weighted by Crippen LogP contribution is 2.32. The number of ether oxygens (including phenoxy) is 1. The smallest absolute Gasteiger partial charge is 0.299 e. The molecular formula is C13H14FNO3. The molecule has 18 heavy (non-hydrogen) atoms. The van der Waals surface area contributed by atoms with Gasteiger partial charge in [0.05, 0.1) is 23.9 Å². The Morgan fingerprint density at radius 3 is 2.67 bits per heavy atom. The van der Waals surface area contributed by atoms with Crippen LogP contribution in [0, 0.1) is 12.7 Å². The Morgan fingerprint density at radius 1 is 1.39 bits per heavy atom. The summed E-state index contributed by atoms with van der Waals surface area (Å²) in [7, 11) is 1.50. The molecule has 1 aromatic carbocycles. The lowest BCUT2D eigenvalue weighted by Crippen LogP contribution is -2.36. The number of fused-ring (bicyclic) bond motifs is 1. The lowest BCUT2D eigenvalue weighted by molar-refractivity contribution is -0.114. The van der Waals surface area contributed by atoms with Crippen LogP contribution in [0.2, 0.25) is 0 Å². The van der Waals surface area contributed by atoms with Crippen LogP contribution in [0.15, 0.2) is 12.1 Å². The summed E-state index contributed by atoms with van der Waals surface area (Å²) in [5, 5.41) is 0. The van der Waals surface area contributed by atoms with Gasteiger partial charge in [-0.3, -0.25) is 14.5 Å². The summed E-state index contributed by atoms with van der Waals surface area (Å²) in [6.07, 6.45) is -0.270. The Bertz CT molecular complexity index is 527. The summed E-state index contributed by atoms with van der Waals surface area (Å²) in [6.45, 7) is 3.59. The highest BCUT2D eigenvalue weighted by atomic mass is 19.1. The first-order valence-corrected chi connectivity index (χ1v) is 5.64. The van der Waals surface area contributed by atoms with Crippen LogP contribution in [0.4, 0.5) is 10.1 Å². The molecule has 5 heteroatoms. The number of rotatable bonds is 3. The lowest BCUT2D eigenvalue weighted by Gasteiger charge is -2.20. The molecule has 0 bridgehead atoms. The van der Waals surface area contributed by atoms with E-state index in [0.717, 1.165) is 4.90 Å². The summed E-state index contributed by atoms with van der Waals surface area (Å²) in [5.74, 6) is -1.90. The van der Waals surface area contributed by atoms with Crippen molar-refractivity contribution in [2.24, 2.45) is 0 Å². The molecule has 0 aromatic heterocycles. The minimum Gasteiger partial charge on any atom is -0.380 e. The van der Waals surface area contributed by atoms with E-state index in [2.05, 4.69) is 0 Å². The fourth-order valence-electron chi connectivity index (χ4n) is 2.03. The second kappa shape index (κ2) is 4.49. The van der Waals surface area contributed by atoms with Gasteiger partial charge in [0.2, 0.25) is 0 Å². The van der Waals surface area contributed by atoms with Crippen molar-refractivity contribution in [3.05, 3.63) is 29.1 Å². The molecule has 96 valence electrons. The van der Waals surface area contributed by atoms with Crippen molar-refractivity contribution in [2.75, 3.05) is 18.6 Å². The van der Waals surface area contributed by atoms with E-state index in [9.17, 15) is 14.0 Å². The second-order valence-electron chi connectivity index (χ2n) is 4.43. The quantitative estimate of drug-likeness (QED) is 0.768. The average molecular weight is 251 g/mol. The summed E-state index contributed by atoms with van der Waals surface area (Å²) in [5.41, 5.74) is 0.828. The Kier molecular flexibility index (Phi) is 3.17. The van der Waals surface area contributed by atoms with Crippen LogP contribution in [0.3, 0.4) is 0 Å². The van der Waals surface area contributed by atoms with E-state index in [1.807, 2.05) is 0 Å². The van der Waals surface area contributed by atoms with E-state index in [1.165, 1.54) is 19.2 Å². The first-order chi connectivity index (χ1) is 8.45. The molecule has 0 saturated carbocycles. The van der Waals surface area contributed by atoms with Gasteiger partial charge in [0.1, 0.15) is 5.82 Å². The zero-order valence-corrected chi connectivity index (χ0v) is 10.5. The first kappa shape index (κ1) is 12.7. The van der Waals surface area contributed by atoms with Gasteiger partial charge in [-0.2, -0.15) is 0 Å². The Hall–Kier alpha value is -1.75. The van der Waals surface area contributed by atoms with E-state index >= 15 is 0 Å². The van der Waals surface area contributed by atoms with Crippen molar-refractivity contribution >= 4 is 17.4 Å². The molecule has 4 nitrogen and oxygen atoms in total. The molecule has 1 unspecified atom stereocenters. The molecule has 1 aromatic rings. The summed E-state index contributed by atoms with van der Waals surface area (Å²) in [4.78, 5) is 24.8. The Morgan fingerprint density at radius 2 is 2.06 bits per heavy atom. The molecule has 0 spiro atoms. The topological polar surface area (TPSA) is 46.6 Å². The van der Waals surface area contributed by atoms with Crippen molar-refractivity contribution in [3.63, 3.8) is 0 Å². The van der Waals surface area contributed by atoms with Gasteiger partial charge >= 0.3 is 0 Å². The molecule has 0 saturated heterocycles. The SMILES string of the molecule is COC(C)CN1C(=O)C(=O)c2cc(C)cc(F)c21. The van der Waals surface area contributed by atoms with Gasteiger partial charge in [0.25, 0.3) is 11.7 Å². The fraction of sp³-hybridized carbons (Fsp3) is 0.385. The van der Waals surface area contributed by atoms with Crippen LogP contribution in [0.25, 0.3) is 0 Å². The molecule has 1 amide bonds. The highest BCUT2D eigenvalue weighted by molar-refractivity contribution is 6.52. The highest BCUT2D eigenvalue weighted by Gasteiger charge is 2.38. The zero-order valence-electron chi connectivity index (χ0n) is 10.5. The third-order valence-electron chi connectivity index (χ3n) is 3.00. The molecule has 0 N–H and O–H groups in total. The number of benzene rings is 1. The van der Waals surface area contributed by atoms with Gasteiger partial charge in [-0.05, 0) is 31.5 Å². The van der Waals surface area contributed by atoms with E-state index in [-0.39, 0.29) is 23.9 Å². The fourth-order valence-corrected chi connectivity index (χ4v) is 2.03. The van der Waals surface area contributed by atoms with E-state index in [0.29, 0.717) is 5.56 Å². The number of nitrogens with zero attached hydrogens (tertiary/aromatic N) is 1. The van der Waals surface area contributed by atoms with Crippen molar-refractivity contribution in [1.82, 2.24) is 0 Å². The van der Waals surface area contributed by atoms with Crippen LogP contribution in [0.5, 0.6) is 0 Å². The van der Waals surface area contributed by atoms with Crippen molar-refractivity contribution in [3.8, 4) is 0 Å². The predicted molar refractivity (Wildman–Crippen MR) is 64.3 cm³/mol. The molecule has 1 atom stereocenters. The van der Waals surface area contributed by atoms with Crippen LogP contribution in [0.1, 0.15) is 22.8 Å². The number of ketones is 1. The third kappa shape index (κ3) is 1.90. The molecule has 1 aliphatic rings. The van der Waals surface area contributed by atoms with Gasteiger partial charge in [0.15, 0.2) is 0 Å². The third-order valence-corrected chi connectivity index (χ3v) is 3.00. The van der Waals surface area contributed by atoms with Crippen molar-refractivity contribution in [2.45, 2.75) is 20.0 Å². The minimum atomic E-state index is -0.696. The number of anilines is 1. The number of carbonyl (C=O) groups excluding carboxylic acids is 2. The van der Waals surface area contributed by atoms with Crippen molar-refractivity contribution in [1.29, 1.82) is 0 Å². The molecule has 2 rings (SSSR count). The molecular weight excluding hydrogens is 237 g/mol. The number of amides is 1. The Labute approximate surface area is 104 Å². The largest absolute Gasteiger partial charge is 0.380 e. The van der Waals surface area contributed by atoms with Gasteiger partial charge in [-0.1, -0.05) is 0 Å². The number of hydrogen-bond acceptors (Lipinski definition) is 3. The number of halogens is 1. The molecule has 0 radical (unpaired) electrons. The second-order valence-corrected chi connectivity index (χ2v) is 4.43. The first-order valence-electron chi connectivity index (χ1n) is 5.64. The van der Waals surface area contributed by atoms with Crippen molar-refractivity contribution < 1.29 is 18.7 Å². The summed E-state index contributed by atoms with van der Waals surface area (Å²) in [6, 6.07) is 2.85. The number of hydrogen-bond donors (Lipinski definition) is 0. The molecule has 1 heterocycles. The maximum atomic E-state index is 13.9. The van der Waals surface area contributed by atoms with Crippen LogP contribution in [-0.4, -0.2) is 31.4 Å². The zero-order chi connectivity index (χ0) is 13.4. The van der Waals surface area contributed by atoms with Crippen LogP contribution >= 0.6 is 0 Å². The van der Waals surface area contributed by atoms with Crippen LogP contribution in [-0.2, 0) is 9.53 Å². The standard InChI is InChI=1S/C13H14FNO3/c1-7-4-9-11(10(14)5-7)15(6-8(2)18-3)13(17)12(9)16/h4-5,8H,6H2,1-3H3. The maximum Gasteiger partial charge on any atom is 0.299 e. The van der Waals surface area contributed by atoms with Gasteiger partial charge in [-0.25, -0.2) is 4.39 Å². The van der Waals surface area contributed by atoms with Gasteiger partial charge < -0.3 is 4.74 Å². The molecule has 0 aliphatic carbocycles. The lowest BCUT2D eigenvalue weighted by atomic mass is 10.1. The summed E-state index contributed by atoms with van der Waals surface area (Å²) < 4.78 is 19.0. The Balaban J connectivity index is 2.48. The molecule has 0 fully saturated rings. The van der Waals surface area contributed by atoms with E-state index in [4.69, 9.17) is 4.74 Å². The summed E-state index contributed by atoms with van der Waals surface area (Å²) >= 11 is 0. The number of Topliss-reactive ketones (excluding diaryl/α,β-unsaturated/α-hetero) is 1. The molecule has 1 aliphatic heterocycles. The van der Waals surface area contributed by atoms with Crippen LogP contribution < -0.4 is 4.90 Å². The van der Waals surface area contributed by atoms with E-state index in [1.54, 1.807) is 13.8 Å². The maximum absolute atomic E-state index is 13.9. The number of aryl methyl sites for hydroxylation is 1. The number of carbonyl (C=O) groups is 2. The van der Waals surface area contributed by atoms with Gasteiger partial charge in [-0.15, -0.1) is 0 Å². The number of methoxy groups -OCH3 is 1. The average Bonchev–Trinajstić information content (AvgIpc) is 2.54. The van der Waals surface area contributed by atoms with Gasteiger partial charge in [0, 0.05) is 7.11 Å². The normalized spacial score (nSPS) is 16.1. The monoisotopic (exact) mass is 251 g/mol. The van der Waals surface area contributed by atoms with E-state index < -0.39 is 17.5 Å². The minimum absolute atomic E-state index is 0.0690. The predicted octanol–water partition coefficient (Wildman–Crippen LogP) is 1.70.